The Kier molecular flexibility index (Phi) is 3.16. The number of halogens is 4. The van der Waals surface area contributed by atoms with Crippen LogP contribution in [0.3, 0.4) is 0 Å². The third-order valence-corrected chi connectivity index (χ3v) is 4.30. The van der Waals surface area contributed by atoms with Crippen LogP contribution >= 0.6 is 11.6 Å². The Bertz CT molecular complexity index is 877. The van der Waals surface area contributed by atoms with Gasteiger partial charge in [0.15, 0.2) is 5.69 Å². The number of hydrogen-bond acceptors (Lipinski definition) is 2. The molecule has 1 saturated carbocycles. The maximum Gasteiger partial charge on any atom is 0.434 e. The second-order valence-corrected chi connectivity index (χ2v) is 6.23. The van der Waals surface area contributed by atoms with Crippen molar-refractivity contribution in [2.24, 2.45) is 5.92 Å². The zero-order valence-corrected chi connectivity index (χ0v) is 12.6. The van der Waals surface area contributed by atoms with Gasteiger partial charge in [0, 0.05) is 23.7 Å². The fourth-order valence-corrected chi connectivity index (χ4v) is 2.90. The fraction of sp³-hybridized carbons (Fsp3) is 0.333. The molecule has 0 unspecified atom stereocenters. The van der Waals surface area contributed by atoms with Crippen molar-refractivity contribution in [2.75, 3.05) is 0 Å². The number of alkyl halides is 3. The summed E-state index contributed by atoms with van der Waals surface area (Å²) < 4.78 is 40.5. The maximum absolute atomic E-state index is 13.0. The molecular weight excluding hydrogens is 329 g/mol. The summed E-state index contributed by atoms with van der Waals surface area (Å²) in [7, 11) is 0. The summed E-state index contributed by atoms with van der Waals surface area (Å²) in [6.45, 7) is 0. The van der Waals surface area contributed by atoms with E-state index in [1.165, 1.54) is 4.57 Å². The number of aromatic amines is 1. The van der Waals surface area contributed by atoms with Crippen LogP contribution in [-0.2, 0) is 12.6 Å². The quantitative estimate of drug-likeness (QED) is 0.769. The number of rotatable bonds is 3. The lowest BCUT2D eigenvalue weighted by Gasteiger charge is -2.08. The van der Waals surface area contributed by atoms with Gasteiger partial charge in [0.25, 0.3) is 0 Å². The number of H-pyrrole nitrogens is 1. The Balaban J connectivity index is 1.85. The molecule has 0 aliphatic heterocycles. The van der Waals surface area contributed by atoms with Gasteiger partial charge in [-0.25, -0.2) is 4.98 Å². The summed E-state index contributed by atoms with van der Waals surface area (Å²) in [5, 5.41) is 7.83. The van der Waals surface area contributed by atoms with Crippen molar-refractivity contribution in [3.8, 4) is 5.69 Å². The highest BCUT2D eigenvalue weighted by atomic mass is 35.5. The van der Waals surface area contributed by atoms with Crippen molar-refractivity contribution in [1.82, 2.24) is 19.7 Å². The van der Waals surface area contributed by atoms with Crippen LogP contribution in [0.1, 0.15) is 24.4 Å². The summed E-state index contributed by atoms with van der Waals surface area (Å²) in [4.78, 5) is 3.81. The number of imidazole rings is 1. The first-order valence-corrected chi connectivity index (χ1v) is 7.58. The monoisotopic (exact) mass is 340 g/mol. The molecule has 4 nitrogen and oxygen atoms in total. The summed E-state index contributed by atoms with van der Waals surface area (Å²) in [6.07, 6.45) is 0.776. The second-order valence-electron chi connectivity index (χ2n) is 5.82. The molecule has 2 aromatic heterocycles. The Labute approximate surface area is 134 Å². The summed E-state index contributed by atoms with van der Waals surface area (Å²) in [6, 6.07) is 3.38. The Hall–Kier alpha value is -2.02. The number of nitrogens with one attached hydrogen (secondary N) is 1. The first-order chi connectivity index (χ1) is 10.9. The summed E-state index contributed by atoms with van der Waals surface area (Å²) >= 11 is 6.19. The van der Waals surface area contributed by atoms with Crippen molar-refractivity contribution < 1.29 is 13.2 Å². The molecule has 0 amide bonds. The molecule has 1 aliphatic carbocycles. The van der Waals surface area contributed by atoms with Crippen molar-refractivity contribution in [1.29, 1.82) is 0 Å². The van der Waals surface area contributed by atoms with E-state index in [1.807, 2.05) is 0 Å². The molecule has 8 heteroatoms. The molecule has 0 bridgehead atoms. The Morgan fingerprint density at radius 1 is 1.30 bits per heavy atom. The topological polar surface area (TPSA) is 46.5 Å². The molecule has 3 aromatic rings. The highest BCUT2D eigenvalue weighted by molar-refractivity contribution is 6.35. The van der Waals surface area contributed by atoms with E-state index in [0.29, 0.717) is 34.4 Å². The van der Waals surface area contributed by atoms with E-state index < -0.39 is 11.9 Å². The van der Waals surface area contributed by atoms with Crippen LogP contribution in [0.15, 0.2) is 24.5 Å². The van der Waals surface area contributed by atoms with E-state index in [4.69, 9.17) is 11.6 Å². The zero-order chi connectivity index (χ0) is 16.2. The minimum Gasteiger partial charge on any atom is -0.303 e. The van der Waals surface area contributed by atoms with Crippen LogP contribution in [0.4, 0.5) is 13.2 Å². The van der Waals surface area contributed by atoms with E-state index in [1.54, 1.807) is 18.3 Å². The first-order valence-electron chi connectivity index (χ1n) is 7.20. The van der Waals surface area contributed by atoms with Crippen molar-refractivity contribution in [3.63, 3.8) is 0 Å². The summed E-state index contributed by atoms with van der Waals surface area (Å²) in [5.74, 6) is 0.837. The highest BCUT2D eigenvalue weighted by Gasteiger charge is 2.36. The smallest absolute Gasteiger partial charge is 0.303 e. The largest absolute Gasteiger partial charge is 0.434 e. The van der Waals surface area contributed by atoms with Crippen LogP contribution in [-0.4, -0.2) is 19.7 Å². The zero-order valence-electron chi connectivity index (χ0n) is 11.9. The molecule has 23 heavy (non-hydrogen) atoms. The molecule has 2 heterocycles. The normalized spacial score (nSPS) is 15.5. The molecule has 0 radical (unpaired) electrons. The molecule has 1 aromatic carbocycles. The maximum atomic E-state index is 13.0. The SMILES string of the molecule is FC(F)(F)c1cn(-c2cc(Cl)c3[nH]ncc3c2)c(CC2CC2)n1. The average Bonchev–Trinajstić information content (AvgIpc) is 2.99. The van der Waals surface area contributed by atoms with E-state index in [2.05, 4.69) is 15.2 Å². The Morgan fingerprint density at radius 3 is 2.78 bits per heavy atom. The van der Waals surface area contributed by atoms with Crippen LogP contribution in [0.5, 0.6) is 0 Å². The van der Waals surface area contributed by atoms with Crippen molar-refractivity contribution >= 4 is 22.5 Å². The van der Waals surface area contributed by atoms with Gasteiger partial charge in [0.1, 0.15) is 5.82 Å². The number of aromatic nitrogens is 4. The second kappa shape index (κ2) is 4.99. The van der Waals surface area contributed by atoms with Crippen LogP contribution in [0.25, 0.3) is 16.6 Å². The van der Waals surface area contributed by atoms with E-state index in [9.17, 15) is 13.2 Å². The van der Waals surface area contributed by atoms with Gasteiger partial charge in [-0.15, -0.1) is 0 Å². The summed E-state index contributed by atoms with van der Waals surface area (Å²) in [5.41, 5.74) is 0.342. The number of fused-ring (bicyclic) bond motifs is 1. The third-order valence-electron chi connectivity index (χ3n) is 4.00. The van der Waals surface area contributed by atoms with Gasteiger partial charge in [0.05, 0.1) is 16.7 Å². The van der Waals surface area contributed by atoms with E-state index >= 15 is 0 Å². The lowest BCUT2D eigenvalue weighted by Crippen LogP contribution is -2.05. The number of nitrogens with zero attached hydrogens (tertiary/aromatic N) is 3. The first kappa shape index (κ1) is 14.6. The van der Waals surface area contributed by atoms with Gasteiger partial charge in [-0.1, -0.05) is 11.6 Å². The van der Waals surface area contributed by atoms with Gasteiger partial charge < -0.3 is 4.57 Å². The molecule has 1 N–H and O–H groups in total. The lowest BCUT2D eigenvalue weighted by molar-refractivity contribution is -0.141. The molecule has 0 atom stereocenters. The molecule has 1 fully saturated rings. The predicted molar refractivity (Wildman–Crippen MR) is 79.7 cm³/mol. The van der Waals surface area contributed by atoms with Gasteiger partial charge in [0.2, 0.25) is 0 Å². The highest BCUT2D eigenvalue weighted by Crippen LogP contribution is 2.36. The Morgan fingerprint density at radius 2 is 2.09 bits per heavy atom. The molecule has 4 rings (SSSR count). The predicted octanol–water partition coefficient (Wildman–Crippen LogP) is 4.37. The number of hydrogen-bond donors (Lipinski definition) is 1. The van der Waals surface area contributed by atoms with Gasteiger partial charge >= 0.3 is 6.18 Å². The minimum absolute atomic E-state index is 0.412. The minimum atomic E-state index is -4.47. The molecule has 1 aliphatic rings. The standard InChI is InChI=1S/C15H12ClF3N4/c16-11-5-10(4-9-6-20-22-14(9)11)23-7-12(15(17,18)19)21-13(23)3-8-1-2-8/h4-8H,1-3H2,(H,20,22). The van der Waals surface area contributed by atoms with Gasteiger partial charge in [-0.2, -0.15) is 18.3 Å². The van der Waals surface area contributed by atoms with E-state index in [-0.39, 0.29) is 0 Å². The number of benzene rings is 1. The van der Waals surface area contributed by atoms with Crippen LogP contribution < -0.4 is 0 Å². The molecule has 0 saturated heterocycles. The van der Waals surface area contributed by atoms with Crippen molar-refractivity contribution in [3.05, 3.63) is 41.1 Å². The molecule has 120 valence electrons. The lowest BCUT2D eigenvalue weighted by atomic mass is 10.2. The molecule has 0 spiro atoms. The van der Waals surface area contributed by atoms with E-state index in [0.717, 1.165) is 24.4 Å². The molecular formula is C15H12ClF3N4. The van der Waals surface area contributed by atoms with Gasteiger partial charge in [-0.05, 0) is 30.9 Å². The van der Waals surface area contributed by atoms with Crippen LogP contribution in [0.2, 0.25) is 5.02 Å². The van der Waals surface area contributed by atoms with Gasteiger partial charge in [-0.3, -0.25) is 5.10 Å². The fourth-order valence-electron chi connectivity index (χ4n) is 2.64. The van der Waals surface area contributed by atoms with Crippen molar-refractivity contribution in [2.45, 2.75) is 25.4 Å². The van der Waals surface area contributed by atoms with Crippen LogP contribution in [0, 0.1) is 5.92 Å². The average molecular weight is 341 g/mol. The third kappa shape index (κ3) is 2.69.